The lowest BCUT2D eigenvalue weighted by atomic mass is 10.0. The zero-order chi connectivity index (χ0) is 24.6. The number of alkyl halides is 9. The quantitative estimate of drug-likeness (QED) is 0.452. The molecule has 3 nitrogen and oxygen atoms in total. The van der Waals surface area contributed by atoms with Crippen molar-refractivity contribution >= 4 is 22.8 Å². The minimum absolute atomic E-state index is 0.0471. The van der Waals surface area contributed by atoms with Crippen LogP contribution in [0.2, 0.25) is 0 Å². The summed E-state index contributed by atoms with van der Waals surface area (Å²) in [4.78, 5) is 17.7. The number of amidine groups is 1. The van der Waals surface area contributed by atoms with Gasteiger partial charge in [0.15, 0.2) is 5.17 Å². The number of halogens is 9. The minimum atomic E-state index is -5.10. The van der Waals surface area contributed by atoms with E-state index >= 15 is 0 Å². The molecule has 0 saturated carbocycles. The van der Waals surface area contributed by atoms with E-state index in [9.17, 15) is 44.3 Å². The van der Waals surface area contributed by atoms with E-state index in [1.165, 1.54) is 12.1 Å². The molecular formula is C20H13F9N2OS. The molecule has 178 valence electrons. The molecule has 1 heterocycles. The van der Waals surface area contributed by atoms with Crippen molar-refractivity contribution in [3.8, 4) is 0 Å². The number of hydrogen-bond donors (Lipinski definition) is 0. The molecule has 0 saturated heterocycles. The van der Waals surface area contributed by atoms with Gasteiger partial charge in [0.05, 0.1) is 23.2 Å². The van der Waals surface area contributed by atoms with Gasteiger partial charge in [0.25, 0.3) is 5.91 Å². The highest BCUT2D eigenvalue weighted by atomic mass is 32.2. The second kappa shape index (κ2) is 8.92. The molecule has 0 aliphatic carbocycles. The van der Waals surface area contributed by atoms with E-state index in [0.29, 0.717) is 17.7 Å². The number of aliphatic imine (C=N–C) groups is 1. The van der Waals surface area contributed by atoms with Crippen molar-refractivity contribution < 1.29 is 44.3 Å². The van der Waals surface area contributed by atoms with Crippen LogP contribution in [0.5, 0.6) is 0 Å². The first-order chi connectivity index (χ1) is 15.2. The van der Waals surface area contributed by atoms with Crippen LogP contribution in [0.3, 0.4) is 0 Å². The summed E-state index contributed by atoms with van der Waals surface area (Å²) in [5.74, 6) is -1.01. The summed E-state index contributed by atoms with van der Waals surface area (Å²) in [5.41, 5.74) is -4.43. The molecule has 1 amide bonds. The molecule has 1 aliphatic rings. The van der Waals surface area contributed by atoms with E-state index in [0.717, 1.165) is 28.8 Å². The predicted molar refractivity (Wildman–Crippen MR) is 103 cm³/mol. The first-order valence-electron chi connectivity index (χ1n) is 9.11. The van der Waals surface area contributed by atoms with E-state index in [1.54, 1.807) is 0 Å². The van der Waals surface area contributed by atoms with Gasteiger partial charge in [0.1, 0.15) is 0 Å². The SMILES string of the molecule is O=C(c1cc(C(F)(F)F)cc(C(F)(F)F)c1)N1CCN=C1SCc1ccc(C(F)(F)F)cc1. The zero-order valence-corrected chi connectivity index (χ0v) is 17.1. The van der Waals surface area contributed by atoms with E-state index in [1.807, 2.05) is 0 Å². The van der Waals surface area contributed by atoms with E-state index in [4.69, 9.17) is 0 Å². The lowest BCUT2D eigenvalue weighted by molar-refractivity contribution is -0.143. The molecule has 0 unspecified atom stereocenters. The zero-order valence-electron chi connectivity index (χ0n) is 16.3. The Morgan fingerprint density at radius 3 is 1.82 bits per heavy atom. The third-order valence-corrected chi connectivity index (χ3v) is 5.62. The van der Waals surface area contributed by atoms with Crippen LogP contribution in [0.15, 0.2) is 47.5 Å². The fourth-order valence-electron chi connectivity index (χ4n) is 2.91. The Morgan fingerprint density at radius 2 is 1.33 bits per heavy atom. The maximum atomic E-state index is 13.1. The van der Waals surface area contributed by atoms with E-state index < -0.39 is 46.7 Å². The number of thioether (sulfide) groups is 1. The fourth-order valence-corrected chi connectivity index (χ4v) is 3.91. The number of nitrogens with zero attached hydrogens (tertiary/aromatic N) is 2. The molecule has 0 bridgehead atoms. The molecule has 0 atom stereocenters. The van der Waals surface area contributed by atoms with Crippen molar-refractivity contribution in [3.05, 3.63) is 70.3 Å². The first kappa shape index (κ1) is 24.9. The van der Waals surface area contributed by atoms with Crippen molar-refractivity contribution in [1.29, 1.82) is 0 Å². The standard InChI is InChI=1S/C20H13F9N2OS/c21-18(22,23)13-3-1-11(2-4-13)10-33-17-30-5-6-31(17)16(32)12-7-14(19(24,25)26)9-15(8-12)20(27,28)29/h1-4,7-9H,5-6,10H2. The van der Waals surface area contributed by atoms with Gasteiger partial charge in [-0.2, -0.15) is 39.5 Å². The third-order valence-electron chi connectivity index (χ3n) is 4.53. The molecule has 13 heteroatoms. The van der Waals surface area contributed by atoms with Crippen molar-refractivity contribution in [2.45, 2.75) is 24.3 Å². The lowest BCUT2D eigenvalue weighted by Crippen LogP contribution is -2.33. The molecule has 0 spiro atoms. The van der Waals surface area contributed by atoms with Crippen LogP contribution < -0.4 is 0 Å². The summed E-state index contributed by atoms with van der Waals surface area (Å²) in [5, 5.41) is 0.0471. The number of benzene rings is 2. The molecule has 0 N–H and O–H groups in total. The van der Waals surface area contributed by atoms with Crippen LogP contribution in [0.25, 0.3) is 0 Å². The van der Waals surface area contributed by atoms with Crippen LogP contribution in [-0.4, -0.2) is 29.1 Å². The van der Waals surface area contributed by atoms with E-state index in [2.05, 4.69) is 4.99 Å². The molecular weight excluding hydrogens is 487 g/mol. The third kappa shape index (κ3) is 6.01. The summed E-state index contributed by atoms with van der Waals surface area (Å²) in [6, 6.07) is 4.80. The summed E-state index contributed by atoms with van der Waals surface area (Å²) in [6.07, 6.45) is -14.7. The van der Waals surface area contributed by atoms with Gasteiger partial charge in [-0.1, -0.05) is 23.9 Å². The van der Waals surface area contributed by atoms with Gasteiger partial charge in [0, 0.05) is 17.9 Å². The summed E-state index contributed by atoms with van der Waals surface area (Å²) in [6.45, 7) is 0.0119. The molecule has 0 aromatic heterocycles. The van der Waals surface area contributed by atoms with Gasteiger partial charge in [-0.25, -0.2) is 0 Å². The van der Waals surface area contributed by atoms with E-state index in [-0.39, 0.29) is 30.1 Å². The maximum absolute atomic E-state index is 13.1. The van der Waals surface area contributed by atoms with Gasteiger partial charge in [0.2, 0.25) is 0 Å². The normalized spacial score (nSPS) is 15.1. The summed E-state index contributed by atoms with van der Waals surface area (Å²) in [7, 11) is 0. The maximum Gasteiger partial charge on any atom is 0.416 e. The van der Waals surface area contributed by atoms with Crippen LogP contribution >= 0.6 is 11.8 Å². The van der Waals surface area contributed by atoms with Crippen LogP contribution in [0.4, 0.5) is 39.5 Å². The highest BCUT2D eigenvalue weighted by Crippen LogP contribution is 2.37. The van der Waals surface area contributed by atoms with Gasteiger partial charge >= 0.3 is 18.5 Å². The monoisotopic (exact) mass is 500 g/mol. The average molecular weight is 500 g/mol. The Morgan fingerprint density at radius 1 is 0.818 bits per heavy atom. The fraction of sp³-hybridized carbons (Fsp3) is 0.300. The molecule has 2 aromatic carbocycles. The Labute approximate surface area is 185 Å². The average Bonchev–Trinajstić information content (AvgIpc) is 3.18. The number of carbonyl (C=O) groups is 1. The van der Waals surface area contributed by atoms with Crippen LogP contribution in [-0.2, 0) is 24.3 Å². The van der Waals surface area contributed by atoms with Crippen molar-refractivity contribution in [2.24, 2.45) is 4.99 Å². The summed E-state index contributed by atoms with van der Waals surface area (Å²) >= 11 is 0.930. The minimum Gasteiger partial charge on any atom is -0.286 e. The second-order valence-electron chi connectivity index (χ2n) is 6.90. The lowest BCUT2D eigenvalue weighted by Gasteiger charge is -2.20. The number of rotatable bonds is 3. The molecule has 0 fully saturated rings. The Kier molecular flexibility index (Phi) is 6.74. The molecule has 3 rings (SSSR count). The smallest absolute Gasteiger partial charge is 0.286 e. The van der Waals surface area contributed by atoms with Gasteiger partial charge in [-0.3, -0.25) is 14.7 Å². The predicted octanol–water partition coefficient (Wildman–Crippen LogP) is 6.49. The van der Waals surface area contributed by atoms with Crippen LogP contribution in [0.1, 0.15) is 32.6 Å². The van der Waals surface area contributed by atoms with Crippen LogP contribution in [0, 0.1) is 0 Å². The van der Waals surface area contributed by atoms with Crippen molar-refractivity contribution in [3.63, 3.8) is 0 Å². The molecule has 1 aliphatic heterocycles. The Hall–Kier alpha value is -2.70. The van der Waals surface area contributed by atoms with Gasteiger partial charge in [-0.15, -0.1) is 0 Å². The van der Waals surface area contributed by atoms with Gasteiger partial charge < -0.3 is 0 Å². The number of hydrogen-bond acceptors (Lipinski definition) is 3. The Bertz CT molecular complexity index is 1020. The number of amides is 1. The Balaban J connectivity index is 1.79. The highest BCUT2D eigenvalue weighted by Gasteiger charge is 2.38. The van der Waals surface area contributed by atoms with Crippen molar-refractivity contribution in [1.82, 2.24) is 4.90 Å². The molecule has 2 aromatic rings. The number of carbonyl (C=O) groups excluding carboxylic acids is 1. The van der Waals surface area contributed by atoms with Crippen molar-refractivity contribution in [2.75, 3.05) is 13.1 Å². The molecule has 0 radical (unpaired) electrons. The second-order valence-corrected chi connectivity index (χ2v) is 7.84. The molecule has 33 heavy (non-hydrogen) atoms. The highest BCUT2D eigenvalue weighted by molar-refractivity contribution is 8.13. The first-order valence-corrected chi connectivity index (χ1v) is 10.1. The largest absolute Gasteiger partial charge is 0.416 e. The summed E-state index contributed by atoms with van der Waals surface area (Å²) < 4.78 is 116. The topological polar surface area (TPSA) is 32.7 Å². The van der Waals surface area contributed by atoms with Gasteiger partial charge in [-0.05, 0) is 35.9 Å².